The van der Waals surface area contributed by atoms with E-state index in [4.69, 9.17) is 22.1 Å². The van der Waals surface area contributed by atoms with Crippen LogP contribution in [0.15, 0.2) is 17.0 Å². The molecule has 0 aliphatic carbocycles. The van der Waals surface area contributed by atoms with Gasteiger partial charge in [-0.15, -0.1) is 0 Å². The molecule has 21 heavy (non-hydrogen) atoms. The van der Waals surface area contributed by atoms with Crippen molar-refractivity contribution in [2.24, 2.45) is 5.92 Å². The second kappa shape index (κ2) is 6.52. The Balaban J connectivity index is 2.34. The van der Waals surface area contributed by atoms with Gasteiger partial charge in [0, 0.05) is 30.4 Å². The first-order valence-corrected chi connectivity index (χ1v) is 8.81. The molecule has 1 saturated heterocycles. The fraction of sp³-hybridized carbons (Fsp3) is 0.571. The molecule has 7 heteroatoms. The van der Waals surface area contributed by atoms with E-state index in [-0.39, 0.29) is 10.8 Å². The number of benzene rings is 1. The highest BCUT2D eigenvalue weighted by Crippen LogP contribution is 2.29. The molecule has 0 spiro atoms. The smallest absolute Gasteiger partial charge is 0.243 e. The summed E-state index contributed by atoms with van der Waals surface area (Å²) in [5.41, 5.74) is 6.77. The third-order valence-corrected chi connectivity index (χ3v) is 6.11. The van der Waals surface area contributed by atoms with Crippen molar-refractivity contribution >= 4 is 27.3 Å². The topological polar surface area (TPSA) is 72.6 Å². The number of nitrogen functional groups attached to an aromatic ring is 1. The molecule has 0 radical (unpaired) electrons. The molecule has 1 fully saturated rings. The van der Waals surface area contributed by atoms with Gasteiger partial charge in [0.25, 0.3) is 0 Å². The first-order chi connectivity index (χ1) is 9.86. The van der Waals surface area contributed by atoms with E-state index in [0.717, 1.165) is 6.42 Å². The molecule has 118 valence electrons. The molecule has 0 aromatic heterocycles. The molecule has 5 nitrogen and oxygen atoms in total. The van der Waals surface area contributed by atoms with Crippen LogP contribution in [0, 0.1) is 12.8 Å². The summed E-state index contributed by atoms with van der Waals surface area (Å²) in [5, 5.41) is 0.330. The zero-order valence-electron chi connectivity index (χ0n) is 12.3. The second-order valence-electron chi connectivity index (χ2n) is 5.30. The summed E-state index contributed by atoms with van der Waals surface area (Å²) < 4.78 is 32.5. The van der Waals surface area contributed by atoms with E-state index in [2.05, 4.69) is 0 Å². The van der Waals surface area contributed by atoms with Crippen LogP contribution in [0.5, 0.6) is 0 Å². The Bertz CT molecular complexity index is 613. The normalized spacial score (nSPS) is 19.3. The maximum Gasteiger partial charge on any atom is 0.243 e. The van der Waals surface area contributed by atoms with Gasteiger partial charge in [-0.05, 0) is 37.0 Å². The van der Waals surface area contributed by atoms with Gasteiger partial charge >= 0.3 is 0 Å². The molecule has 2 N–H and O–H groups in total. The van der Waals surface area contributed by atoms with Gasteiger partial charge in [0.2, 0.25) is 10.0 Å². The maximum atomic E-state index is 12.8. The van der Waals surface area contributed by atoms with Crippen molar-refractivity contribution in [1.82, 2.24) is 4.31 Å². The summed E-state index contributed by atoms with van der Waals surface area (Å²) in [4.78, 5) is 0.188. The van der Waals surface area contributed by atoms with Crippen LogP contribution in [-0.2, 0) is 14.8 Å². The number of hydrogen-bond donors (Lipinski definition) is 1. The Morgan fingerprint density at radius 3 is 2.76 bits per heavy atom. The Hall–Kier alpha value is -0.820. The summed E-state index contributed by atoms with van der Waals surface area (Å²) in [7, 11) is -3.60. The monoisotopic (exact) mass is 332 g/mol. The van der Waals surface area contributed by atoms with Crippen LogP contribution in [0.25, 0.3) is 0 Å². The highest BCUT2D eigenvalue weighted by molar-refractivity contribution is 7.89. The molecule has 1 atom stereocenters. The van der Waals surface area contributed by atoms with Crippen molar-refractivity contribution in [3.05, 3.63) is 22.7 Å². The Morgan fingerprint density at radius 2 is 2.19 bits per heavy atom. The summed E-state index contributed by atoms with van der Waals surface area (Å²) in [6, 6.07) is 3.04. The first-order valence-electron chi connectivity index (χ1n) is 6.99. The predicted molar refractivity (Wildman–Crippen MR) is 84.0 cm³/mol. The Labute approximate surface area is 131 Å². The number of halogens is 1. The molecule has 2 rings (SSSR count). The van der Waals surface area contributed by atoms with Crippen molar-refractivity contribution in [2.45, 2.75) is 25.2 Å². The van der Waals surface area contributed by atoms with E-state index >= 15 is 0 Å². The number of nitrogens with zero attached hydrogens (tertiary/aromatic N) is 1. The van der Waals surface area contributed by atoms with E-state index in [1.165, 1.54) is 10.4 Å². The van der Waals surface area contributed by atoms with Gasteiger partial charge < -0.3 is 10.5 Å². The zero-order valence-corrected chi connectivity index (χ0v) is 13.9. The molecule has 0 saturated carbocycles. The molecule has 1 heterocycles. The van der Waals surface area contributed by atoms with Crippen LogP contribution in [0.2, 0.25) is 5.02 Å². The third-order valence-electron chi connectivity index (χ3n) is 3.82. The van der Waals surface area contributed by atoms with Gasteiger partial charge in [0.15, 0.2) is 0 Å². The lowest BCUT2D eigenvalue weighted by Gasteiger charge is -2.24. The van der Waals surface area contributed by atoms with Crippen LogP contribution >= 0.6 is 11.6 Å². The number of nitrogens with two attached hydrogens (primary N) is 1. The highest BCUT2D eigenvalue weighted by Gasteiger charge is 2.29. The van der Waals surface area contributed by atoms with E-state index in [0.29, 0.717) is 42.6 Å². The number of hydrogen-bond acceptors (Lipinski definition) is 4. The van der Waals surface area contributed by atoms with Crippen LogP contribution in [-0.4, -0.2) is 39.0 Å². The van der Waals surface area contributed by atoms with E-state index in [1.54, 1.807) is 13.0 Å². The van der Waals surface area contributed by atoms with Gasteiger partial charge in [-0.25, -0.2) is 8.42 Å². The summed E-state index contributed by atoms with van der Waals surface area (Å²) in [5.74, 6) is 0.247. The zero-order chi connectivity index (χ0) is 15.6. The number of anilines is 1. The maximum absolute atomic E-state index is 12.8. The second-order valence-corrected chi connectivity index (χ2v) is 7.65. The van der Waals surface area contributed by atoms with Gasteiger partial charge in [-0.1, -0.05) is 18.5 Å². The van der Waals surface area contributed by atoms with Crippen molar-refractivity contribution in [3.8, 4) is 0 Å². The number of sulfonamides is 1. The van der Waals surface area contributed by atoms with Gasteiger partial charge in [0.1, 0.15) is 0 Å². The summed E-state index contributed by atoms with van der Waals surface area (Å²) >= 11 is 5.96. The lowest BCUT2D eigenvalue weighted by Crippen LogP contribution is -2.36. The van der Waals surface area contributed by atoms with E-state index < -0.39 is 10.0 Å². The lowest BCUT2D eigenvalue weighted by molar-refractivity contribution is 0.181. The van der Waals surface area contributed by atoms with Crippen LogP contribution in [0.3, 0.4) is 0 Å². The molecular weight excluding hydrogens is 312 g/mol. The van der Waals surface area contributed by atoms with Crippen molar-refractivity contribution in [1.29, 1.82) is 0 Å². The largest absolute Gasteiger partial charge is 0.398 e. The molecule has 1 aromatic rings. The quantitative estimate of drug-likeness (QED) is 0.839. The van der Waals surface area contributed by atoms with Crippen molar-refractivity contribution in [2.75, 3.05) is 32.0 Å². The molecule has 1 aliphatic heterocycles. The average molecular weight is 333 g/mol. The SMILES string of the molecule is CCN(CC1CCOC1)S(=O)(=O)c1cc(Cl)cc(N)c1C. The number of ether oxygens (including phenoxy) is 1. The van der Waals surface area contributed by atoms with Gasteiger partial charge in [-0.3, -0.25) is 0 Å². The Kier molecular flexibility index (Phi) is 5.14. The first kappa shape index (κ1) is 16.5. The minimum absolute atomic E-state index is 0.188. The highest BCUT2D eigenvalue weighted by atomic mass is 35.5. The molecule has 0 bridgehead atoms. The lowest BCUT2D eigenvalue weighted by atomic mass is 10.1. The minimum atomic E-state index is -3.60. The Morgan fingerprint density at radius 1 is 1.48 bits per heavy atom. The molecule has 1 aromatic carbocycles. The fourth-order valence-corrected chi connectivity index (χ4v) is 4.59. The molecule has 1 aliphatic rings. The van der Waals surface area contributed by atoms with Crippen molar-refractivity contribution < 1.29 is 13.2 Å². The summed E-state index contributed by atoms with van der Waals surface area (Å²) in [6.07, 6.45) is 0.892. The standard InChI is InChI=1S/C14H21ClN2O3S/c1-3-17(8-11-4-5-20-9-11)21(18,19)14-7-12(15)6-13(16)10(14)2/h6-7,11H,3-5,8-9,16H2,1-2H3. The van der Waals surface area contributed by atoms with E-state index in [9.17, 15) is 8.42 Å². The predicted octanol–water partition coefficient (Wildman–Crippen LogP) is 2.28. The third kappa shape index (κ3) is 3.51. The molecule has 1 unspecified atom stereocenters. The van der Waals surface area contributed by atoms with Crippen molar-refractivity contribution in [3.63, 3.8) is 0 Å². The number of rotatable bonds is 5. The molecule has 0 amide bonds. The van der Waals surface area contributed by atoms with Crippen LogP contribution in [0.1, 0.15) is 18.9 Å². The van der Waals surface area contributed by atoms with Crippen LogP contribution < -0.4 is 5.73 Å². The fourth-order valence-electron chi connectivity index (χ4n) is 2.49. The minimum Gasteiger partial charge on any atom is -0.398 e. The average Bonchev–Trinajstić information content (AvgIpc) is 2.92. The van der Waals surface area contributed by atoms with E-state index in [1.807, 2.05) is 6.92 Å². The van der Waals surface area contributed by atoms with Gasteiger partial charge in [0.05, 0.1) is 11.5 Å². The van der Waals surface area contributed by atoms with Crippen LogP contribution in [0.4, 0.5) is 5.69 Å². The van der Waals surface area contributed by atoms with Gasteiger partial charge in [-0.2, -0.15) is 4.31 Å². The summed E-state index contributed by atoms with van der Waals surface area (Å²) in [6.45, 7) is 5.71. The molecular formula is C14H21ClN2O3S.